The van der Waals surface area contributed by atoms with Gasteiger partial charge < -0.3 is 14.4 Å². The normalized spacial score (nSPS) is 21.3. The summed E-state index contributed by atoms with van der Waals surface area (Å²) in [5.74, 6) is -3.87. The fourth-order valence-corrected chi connectivity index (χ4v) is 3.51. The molecule has 0 saturated heterocycles. The van der Waals surface area contributed by atoms with Crippen LogP contribution >= 0.6 is 0 Å². The van der Waals surface area contributed by atoms with Crippen LogP contribution in [0.1, 0.15) is 30.7 Å². The van der Waals surface area contributed by atoms with Gasteiger partial charge in [-0.3, -0.25) is 0 Å². The Hall–Kier alpha value is -2.28. The average Bonchev–Trinajstić information content (AvgIpc) is 3.20. The summed E-state index contributed by atoms with van der Waals surface area (Å²) in [7, 11) is 0. The lowest BCUT2D eigenvalue weighted by molar-refractivity contribution is -0.175. The van der Waals surface area contributed by atoms with Gasteiger partial charge in [-0.1, -0.05) is 30.3 Å². The van der Waals surface area contributed by atoms with Crippen LogP contribution < -0.4 is 0 Å². The maximum atomic E-state index is 13.7. The summed E-state index contributed by atoms with van der Waals surface area (Å²) in [6.45, 7) is 2.22. The van der Waals surface area contributed by atoms with Gasteiger partial charge in [-0.25, -0.2) is 18.6 Å². The Morgan fingerprint density at radius 3 is 2.73 bits per heavy atom. The minimum Gasteiger partial charge on any atom is -0.461 e. The topological polar surface area (TPSA) is 64.4 Å². The number of nitrogens with zero attached hydrogens (tertiary/aromatic N) is 2. The van der Waals surface area contributed by atoms with Crippen molar-refractivity contribution in [1.29, 1.82) is 0 Å². The van der Waals surface area contributed by atoms with Crippen molar-refractivity contribution in [3.05, 3.63) is 54.1 Å². The average molecular weight is 364 g/mol. The number of rotatable bonds is 6. The number of halogens is 2. The first-order chi connectivity index (χ1) is 12.3. The molecular formula is C19H22F2N2O3. The summed E-state index contributed by atoms with van der Waals surface area (Å²) < 4.78 is 34.5. The Morgan fingerprint density at radius 1 is 1.42 bits per heavy atom. The fraction of sp³-hybridized carbons (Fsp3) is 0.474. The van der Waals surface area contributed by atoms with Gasteiger partial charge in [0.25, 0.3) is 0 Å². The van der Waals surface area contributed by atoms with Crippen LogP contribution in [0.5, 0.6) is 0 Å². The van der Waals surface area contributed by atoms with E-state index in [-0.39, 0.29) is 25.0 Å². The summed E-state index contributed by atoms with van der Waals surface area (Å²) in [6.07, 6.45) is 2.58. The molecule has 1 saturated carbocycles. The quantitative estimate of drug-likeness (QED) is 0.800. The number of carbonyl (C=O) groups excluding carboxylic acids is 1. The second-order valence-corrected chi connectivity index (χ2v) is 6.73. The van der Waals surface area contributed by atoms with Crippen molar-refractivity contribution in [3.63, 3.8) is 0 Å². The van der Waals surface area contributed by atoms with Crippen molar-refractivity contribution in [3.8, 4) is 0 Å². The minimum atomic E-state index is -2.87. The molecule has 0 aliphatic heterocycles. The molecule has 140 valence electrons. The summed E-state index contributed by atoms with van der Waals surface area (Å²) in [4.78, 5) is 16.8. The van der Waals surface area contributed by atoms with Crippen LogP contribution in [-0.2, 0) is 21.7 Å². The number of carbonyl (C=O) groups is 1. The maximum absolute atomic E-state index is 13.7. The zero-order chi connectivity index (χ0) is 18.8. The van der Waals surface area contributed by atoms with Gasteiger partial charge in [0.15, 0.2) is 5.60 Å². The lowest BCUT2D eigenvalue weighted by Gasteiger charge is -2.32. The molecule has 26 heavy (non-hydrogen) atoms. The van der Waals surface area contributed by atoms with Crippen molar-refractivity contribution in [2.24, 2.45) is 5.92 Å². The number of alkyl halides is 2. The number of benzene rings is 1. The Morgan fingerprint density at radius 2 is 2.15 bits per heavy atom. The molecule has 1 aromatic carbocycles. The Kier molecular flexibility index (Phi) is 5.09. The highest BCUT2D eigenvalue weighted by atomic mass is 19.3. The second kappa shape index (κ2) is 7.15. The first-order valence-corrected chi connectivity index (χ1v) is 8.63. The summed E-state index contributed by atoms with van der Waals surface area (Å²) in [5.41, 5.74) is -1.79. The number of hydrogen-bond acceptors (Lipinski definition) is 4. The molecule has 1 heterocycles. The lowest BCUT2D eigenvalue weighted by Crippen LogP contribution is -2.44. The van der Waals surface area contributed by atoms with Crippen LogP contribution in [0, 0.1) is 12.8 Å². The molecule has 3 rings (SSSR count). The van der Waals surface area contributed by atoms with Crippen LogP contribution in [0.15, 0.2) is 42.7 Å². The summed E-state index contributed by atoms with van der Waals surface area (Å²) in [6, 6.07) is 8.20. The predicted molar refractivity (Wildman–Crippen MR) is 90.5 cm³/mol. The molecule has 2 atom stereocenters. The highest BCUT2D eigenvalue weighted by molar-refractivity contribution is 5.81. The number of imidazole rings is 1. The van der Waals surface area contributed by atoms with Crippen LogP contribution in [0.2, 0.25) is 0 Å². The number of esters is 1. The van der Waals surface area contributed by atoms with Crippen LogP contribution in [0.25, 0.3) is 0 Å². The van der Waals surface area contributed by atoms with Gasteiger partial charge in [-0.15, -0.1) is 0 Å². The molecule has 7 heteroatoms. The van der Waals surface area contributed by atoms with Gasteiger partial charge >= 0.3 is 5.97 Å². The van der Waals surface area contributed by atoms with Crippen molar-refractivity contribution in [2.75, 3.05) is 6.61 Å². The molecule has 0 unspecified atom stereocenters. The smallest absolute Gasteiger partial charge is 0.343 e. The molecule has 1 aromatic heterocycles. The van der Waals surface area contributed by atoms with E-state index in [4.69, 9.17) is 4.74 Å². The molecule has 0 radical (unpaired) electrons. The number of ether oxygens (including phenoxy) is 1. The SMILES string of the molecule is Cc1nccn1CCOC(=O)[C@](O)(c1ccccc1)[C@H]1CCC(F)(F)C1. The molecule has 2 aromatic rings. The molecule has 0 amide bonds. The van der Waals surface area contributed by atoms with Crippen molar-refractivity contribution < 1.29 is 23.4 Å². The largest absolute Gasteiger partial charge is 0.461 e. The lowest BCUT2D eigenvalue weighted by atomic mass is 9.80. The van der Waals surface area contributed by atoms with E-state index in [0.29, 0.717) is 6.54 Å². The fourth-order valence-electron chi connectivity index (χ4n) is 3.51. The summed E-state index contributed by atoms with van der Waals surface area (Å²) >= 11 is 0. The van der Waals surface area contributed by atoms with E-state index >= 15 is 0 Å². The van der Waals surface area contributed by atoms with Gasteiger partial charge in [0.05, 0.1) is 6.54 Å². The number of aromatic nitrogens is 2. The number of hydrogen-bond donors (Lipinski definition) is 1. The number of aryl methyl sites for hydroxylation is 1. The van der Waals surface area contributed by atoms with Gasteiger partial charge in [-0.05, 0) is 18.9 Å². The van der Waals surface area contributed by atoms with E-state index in [1.54, 1.807) is 47.3 Å². The molecular weight excluding hydrogens is 342 g/mol. The Labute approximate surface area is 150 Å². The zero-order valence-electron chi connectivity index (χ0n) is 14.6. The molecule has 0 bridgehead atoms. The van der Waals surface area contributed by atoms with E-state index in [1.807, 2.05) is 6.92 Å². The highest BCUT2D eigenvalue weighted by Gasteiger charge is 2.54. The third-order valence-electron chi connectivity index (χ3n) is 5.01. The molecule has 5 nitrogen and oxygen atoms in total. The first kappa shape index (κ1) is 18.5. The van der Waals surface area contributed by atoms with Gasteiger partial charge in [0.2, 0.25) is 5.92 Å². The van der Waals surface area contributed by atoms with Gasteiger partial charge in [-0.2, -0.15) is 0 Å². The van der Waals surface area contributed by atoms with Crippen molar-refractivity contribution in [2.45, 2.75) is 44.3 Å². The molecule has 0 spiro atoms. The monoisotopic (exact) mass is 364 g/mol. The standard InChI is InChI=1S/C19H22F2N2O3/c1-14-22-9-10-23(14)11-12-26-17(24)19(25,15-5-3-2-4-6-15)16-7-8-18(20,21)13-16/h2-6,9-10,16,25H,7-8,11-13H2,1H3/t16-,19-/m0/s1. The number of aliphatic hydroxyl groups is 1. The van der Waals surface area contributed by atoms with E-state index in [2.05, 4.69) is 4.98 Å². The van der Waals surface area contributed by atoms with Crippen molar-refractivity contribution in [1.82, 2.24) is 9.55 Å². The second-order valence-electron chi connectivity index (χ2n) is 6.73. The Balaban J connectivity index is 1.77. The van der Waals surface area contributed by atoms with E-state index < -0.39 is 29.8 Å². The summed E-state index contributed by atoms with van der Waals surface area (Å²) in [5, 5.41) is 11.2. The van der Waals surface area contributed by atoms with Crippen molar-refractivity contribution >= 4 is 5.97 Å². The predicted octanol–water partition coefficient (Wildman–Crippen LogP) is 3.06. The molecule has 1 N–H and O–H groups in total. The molecule has 1 aliphatic carbocycles. The van der Waals surface area contributed by atoms with Crippen LogP contribution in [-0.4, -0.2) is 33.2 Å². The van der Waals surface area contributed by atoms with Crippen LogP contribution in [0.4, 0.5) is 8.78 Å². The van der Waals surface area contributed by atoms with Gasteiger partial charge in [0, 0.05) is 31.2 Å². The van der Waals surface area contributed by atoms with E-state index in [0.717, 1.165) is 5.82 Å². The van der Waals surface area contributed by atoms with E-state index in [1.165, 1.54) is 0 Å². The van der Waals surface area contributed by atoms with Gasteiger partial charge in [0.1, 0.15) is 12.4 Å². The molecule has 1 aliphatic rings. The zero-order valence-corrected chi connectivity index (χ0v) is 14.6. The Bertz CT molecular complexity index is 763. The minimum absolute atomic E-state index is 0.0221. The molecule has 1 fully saturated rings. The third kappa shape index (κ3) is 3.62. The van der Waals surface area contributed by atoms with Crippen LogP contribution in [0.3, 0.4) is 0 Å². The highest BCUT2D eigenvalue weighted by Crippen LogP contribution is 2.47. The third-order valence-corrected chi connectivity index (χ3v) is 5.01. The maximum Gasteiger partial charge on any atom is 0.343 e. The first-order valence-electron chi connectivity index (χ1n) is 8.63. The van der Waals surface area contributed by atoms with E-state index in [9.17, 15) is 18.7 Å².